The number of ether oxygens (including phenoxy) is 1. The zero-order valence-corrected chi connectivity index (χ0v) is 12.8. The molecule has 0 radical (unpaired) electrons. The third-order valence-electron chi connectivity index (χ3n) is 3.52. The Morgan fingerprint density at radius 2 is 1.95 bits per heavy atom. The Bertz CT molecular complexity index is 457. The van der Waals surface area contributed by atoms with Gasteiger partial charge in [0.25, 0.3) is 0 Å². The second-order valence-corrected chi connectivity index (χ2v) is 5.58. The molecule has 1 aliphatic rings. The summed E-state index contributed by atoms with van der Waals surface area (Å²) in [5.74, 6) is 0.844. The Kier molecular flexibility index (Phi) is 4.32. The van der Waals surface area contributed by atoms with Gasteiger partial charge in [-0.05, 0) is 27.7 Å². The highest BCUT2D eigenvalue weighted by atomic mass is 16.5. The molecular formula is C14H23N3O3. The average molecular weight is 281 g/mol. The predicted octanol–water partition coefficient (Wildman–Crippen LogP) is 1.36. The molecule has 1 amide bonds. The second-order valence-electron chi connectivity index (χ2n) is 5.58. The van der Waals surface area contributed by atoms with Crippen LogP contribution < -0.4 is 4.90 Å². The van der Waals surface area contributed by atoms with Crippen LogP contribution in [0, 0.1) is 13.8 Å². The number of anilines is 1. The van der Waals surface area contributed by atoms with Crippen LogP contribution >= 0.6 is 0 Å². The number of morpholine rings is 1. The van der Waals surface area contributed by atoms with Gasteiger partial charge >= 0.3 is 0 Å². The number of hydrogen-bond donors (Lipinski definition) is 0. The molecule has 0 spiro atoms. The second kappa shape index (κ2) is 5.83. The number of hydrogen-bond acceptors (Lipinski definition) is 5. The van der Waals surface area contributed by atoms with E-state index in [1.807, 2.05) is 44.5 Å². The highest BCUT2D eigenvalue weighted by Crippen LogP contribution is 2.23. The average Bonchev–Trinajstić information content (AvgIpc) is 2.67. The lowest BCUT2D eigenvalue weighted by Gasteiger charge is -2.36. The molecule has 112 valence electrons. The molecule has 2 heterocycles. The molecule has 6 heteroatoms. The van der Waals surface area contributed by atoms with Crippen LogP contribution in [0.5, 0.6) is 0 Å². The van der Waals surface area contributed by atoms with Gasteiger partial charge in [0.15, 0.2) is 5.76 Å². The van der Waals surface area contributed by atoms with Crippen molar-refractivity contribution in [2.24, 2.45) is 0 Å². The van der Waals surface area contributed by atoms with Gasteiger partial charge in [0.2, 0.25) is 5.91 Å². The first-order chi connectivity index (χ1) is 9.38. The highest BCUT2D eigenvalue weighted by Gasteiger charge is 2.27. The summed E-state index contributed by atoms with van der Waals surface area (Å²) in [7, 11) is 1.89. The Balaban J connectivity index is 2.01. The largest absolute Gasteiger partial charge is 0.372 e. The van der Waals surface area contributed by atoms with E-state index in [4.69, 9.17) is 9.26 Å². The molecule has 0 unspecified atom stereocenters. The van der Waals surface area contributed by atoms with Crippen LogP contribution in [0.1, 0.15) is 25.3 Å². The fourth-order valence-electron chi connectivity index (χ4n) is 2.79. The van der Waals surface area contributed by atoms with E-state index in [-0.39, 0.29) is 18.1 Å². The van der Waals surface area contributed by atoms with Crippen LogP contribution in [-0.4, -0.2) is 54.9 Å². The van der Waals surface area contributed by atoms with Gasteiger partial charge in [-0.2, -0.15) is 0 Å². The van der Waals surface area contributed by atoms with Crippen LogP contribution in [0.4, 0.5) is 5.69 Å². The Morgan fingerprint density at radius 3 is 2.45 bits per heavy atom. The molecule has 1 aromatic rings. The van der Waals surface area contributed by atoms with Crippen molar-refractivity contribution in [2.75, 3.05) is 31.6 Å². The molecule has 2 rings (SSSR count). The molecule has 6 nitrogen and oxygen atoms in total. The standard InChI is InChI=1S/C14H23N3O3/c1-9-6-17(7-10(2)19-9)13(18)8-16(5)14-11(3)15-20-12(14)4/h9-10H,6-8H2,1-5H3/t9-,10+. The molecule has 1 saturated heterocycles. The normalized spacial score (nSPS) is 22.9. The molecule has 1 aromatic heterocycles. The number of amides is 1. The van der Waals surface area contributed by atoms with Crippen molar-refractivity contribution in [2.45, 2.75) is 39.9 Å². The van der Waals surface area contributed by atoms with Crippen LogP contribution in [-0.2, 0) is 9.53 Å². The zero-order chi connectivity index (χ0) is 14.9. The molecule has 1 fully saturated rings. The molecular weight excluding hydrogens is 258 g/mol. The van der Waals surface area contributed by atoms with Crippen molar-refractivity contribution < 1.29 is 14.1 Å². The van der Waals surface area contributed by atoms with Gasteiger partial charge in [-0.15, -0.1) is 0 Å². The number of likely N-dealkylation sites (N-methyl/N-ethyl adjacent to an activating group) is 1. The maximum atomic E-state index is 12.4. The van der Waals surface area contributed by atoms with E-state index in [9.17, 15) is 4.79 Å². The van der Waals surface area contributed by atoms with E-state index < -0.39 is 0 Å². The molecule has 0 aliphatic carbocycles. The first-order valence-electron chi connectivity index (χ1n) is 6.95. The molecule has 0 saturated carbocycles. The number of nitrogens with zero attached hydrogens (tertiary/aromatic N) is 3. The lowest BCUT2D eigenvalue weighted by molar-refractivity contribution is -0.141. The van der Waals surface area contributed by atoms with Crippen LogP contribution in [0.2, 0.25) is 0 Å². The van der Waals surface area contributed by atoms with Gasteiger partial charge in [-0.25, -0.2) is 0 Å². The van der Waals surface area contributed by atoms with E-state index >= 15 is 0 Å². The Hall–Kier alpha value is -1.56. The quantitative estimate of drug-likeness (QED) is 0.837. The van der Waals surface area contributed by atoms with Crippen molar-refractivity contribution in [3.05, 3.63) is 11.5 Å². The first-order valence-corrected chi connectivity index (χ1v) is 6.95. The summed E-state index contributed by atoms with van der Waals surface area (Å²) in [6, 6.07) is 0. The summed E-state index contributed by atoms with van der Waals surface area (Å²) >= 11 is 0. The number of aryl methyl sites for hydroxylation is 2. The SMILES string of the molecule is Cc1noc(C)c1N(C)CC(=O)N1C[C@@H](C)O[C@@H](C)C1. The number of carbonyl (C=O) groups excluding carboxylic acids is 1. The van der Waals surface area contributed by atoms with Gasteiger partial charge in [0.05, 0.1) is 18.8 Å². The molecule has 0 bridgehead atoms. The summed E-state index contributed by atoms with van der Waals surface area (Å²) in [5.41, 5.74) is 1.70. The van der Waals surface area contributed by atoms with Gasteiger partial charge < -0.3 is 19.1 Å². The van der Waals surface area contributed by atoms with Crippen molar-refractivity contribution in [1.82, 2.24) is 10.1 Å². The van der Waals surface area contributed by atoms with E-state index in [0.29, 0.717) is 19.6 Å². The van der Waals surface area contributed by atoms with Gasteiger partial charge in [0, 0.05) is 20.1 Å². The molecule has 0 aromatic carbocycles. The maximum Gasteiger partial charge on any atom is 0.242 e. The van der Waals surface area contributed by atoms with Gasteiger partial charge in [-0.1, -0.05) is 5.16 Å². The minimum Gasteiger partial charge on any atom is -0.372 e. The summed E-state index contributed by atoms with van der Waals surface area (Å²) in [6.07, 6.45) is 0.180. The minimum absolute atomic E-state index is 0.0899. The van der Waals surface area contributed by atoms with Crippen LogP contribution in [0.15, 0.2) is 4.52 Å². The maximum absolute atomic E-state index is 12.4. The monoisotopic (exact) mass is 281 g/mol. The van der Waals surface area contributed by atoms with Crippen LogP contribution in [0.25, 0.3) is 0 Å². The third kappa shape index (κ3) is 3.12. The topological polar surface area (TPSA) is 58.8 Å². The highest BCUT2D eigenvalue weighted by molar-refractivity contribution is 5.82. The third-order valence-corrected chi connectivity index (χ3v) is 3.52. The molecule has 20 heavy (non-hydrogen) atoms. The first kappa shape index (κ1) is 14.8. The van der Waals surface area contributed by atoms with E-state index in [1.54, 1.807) is 0 Å². The number of rotatable bonds is 3. The minimum atomic E-state index is 0.0899. The zero-order valence-electron chi connectivity index (χ0n) is 12.8. The number of carbonyl (C=O) groups is 1. The summed E-state index contributed by atoms with van der Waals surface area (Å²) < 4.78 is 10.8. The predicted molar refractivity (Wildman–Crippen MR) is 75.8 cm³/mol. The fraction of sp³-hybridized carbons (Fsp3) is 0.714. The fourth-order valence-corrected chi connectivity index (χ4v) is 2.79. The Morgan fingerprint density at radius 1 is 1.35 bits per heavy atom. The van der Waals surface area contributed by atoms with Gasteiger partial charge in [-0.3, -0.25) is 4.79 Å². The molecule has 2 atom stereocenters. The summed E-state index contributed by atoms with van der Waals surface area (Å²) in [6.45, 7) is 9.35. The van der Waals surface area contributed by atoms with Crippen molar-refractivity contribution in [1.29, 1.82) is 0 Å². The van der Waals surface area contributed by atoms with E-state index in [0.717, 1.165) is 17.1 Å². The lowest BCUT2D eigenvalue weighted by atomic mass is 10.2. The Labute approximate surface area is 119 Å². The van der Waals surface area contributed by atoms with Crippen molar-refractivity contribution in [3.8, 4) is 0 Å². The number of aromatic nitrogens is 1. The van der Waals surface area contributed by atoms with Gasteiger partial charge in [0.1, 0.15) is 11.4 Å². The molecule has 0 N–H and O–H groups in total. The summed E-state index contributed by atoms with van der Waals surface area (Å²) in [4.78, 5) is 16.2. The van der Waals surface area contributed by atoms with Crippen LogP contribution in [0.3, 0.4) is 0 Å². The van der Waals surface area contributed by atoms with E-state index in [1.165, 1.54) is 0 Å². The van der Waals surface area contributed by atoms with E-state index in [2.05, 4.69) is 5.16 Å². The van der Waals surface area contributed by atoms with Crippen molar-refractivity contribution >= 4 is 11.6 Å². The lowest BCUT2D eigenvalue weighted by Crippen LogP contribution is -2.50. The van der Waals surface area contributed by atoms with Crippen molar-refractivity contribution in [3.63, 3.8) is 0 Å². The summed E-state index contributed by atoms with van der Waals surface area (Å²) in [5, 5.41) is 3.92. The smallest absolute Gasteiger partial charge is 0.242 e. The molecule has 1 aliphatic heterocycles.